The van der Waals surface area contributed by atoms with Gasteiger partial charge in [-0.2, -0.15) is 0 Å². The number of pyridine rings is 1. The summed E-state index contributed by atoms with van der Waals surface area (Å²) in [7, 11) is 1.58. The lowest BCUT2D eigenvalue weighted by atomic mass is 10.1. The van der Waals surface area contributed by atoms with Crippen LogP contribution in [0.4, 0.5) is 5.69 Å². The van der Waals surface area contributed by atoms with Gasteiger partial charge in [0.05, 0.1) is 18.5 Å². The van der Waals surface area contributed by atoms with Crippen molar-refractivity contribution >= 4 is 11.6 Å². The molecule has 0 aliphatic carbocycles. The minimum atomic E-state index is -0.232. The Balaban J connectivity index is 2.04. The van der Waals surface area contributed by atoms with Crippen LogP contribution in [0.1, 0.15) is 22.5 Å². The van der Waals surface area contributed by atoms with Crippen molar-refractivity contribution in [2.45, 2.75) is 27.7 Å². The Morgan fingerprint density at radius 2 is 1.87 bits per heavy atom. The smallest absolute Gasteiger partial charge is 0.262 e. The van der Waals surface area contributed by atoms with E-state index in [1.54, 1.807) is 13.2 Å². The molecule has 1 aromatic carbocycles. The van der Waals surface area contributed by atoms with Crippen molar-refractivity contribution < 1.29 is 14.3 Å². The number of carbonyl (C=O) groups excluding carboxylic acids is 1. The zero-order chi connectivity index (χ0) is 17.0. The van der Waals surface area contributed by atoms with Crippen LogP contribution in [0.5, 0.6) is 11.5 Å². The summed E-state index contributed by atoms with van der Waals surface area (Å²) in [6.07, 6.45) is 0. The number of carbonyl (C=O) groups is 1. The number of hydrogen-bond acceptors (Lipinski definition) is 4. The predicted octanol–water partition coefficient (Wildman–Crippen LogP) is 3.34. The van der Waals surface area contributed by atoms with Gasteiger partial charge < -0.3 is 14.8 Å². The molecule has 0 atom stereocenters. The SMILES string of the molecule is COc1cc(C)ccc1OCC(=O)Nc1c(C)cc(C)nc1C. The zero-order valence-electron chi connectivity index (χ0n) is 14.2. The molecule has 0 aliphatic rings. The molecule has 1 amide bonds. The van der Waals surface area contributed by atoms with E-state index in [0.717, 1.165) is 28.2 Å². The lowest BCUT2D eigenvalue weighted by molar-refractivity contribution is -0.118. The number of nitrogens with one attached hydrogen (secondary N) is 1. The number of amides is 1. The molecule has 0 radical (unpaired) electrons. The Bertz CT molecular complexity index is 703. The van der Waals surface area contributed by atoms with E-state index in [1.807, 2.05) is 45.9 Å². The summed E-state index contributed by atoms with van der Waals surface area (Å²) >= 11 is 0. The van der Waals surface area contributed by atoms with Gasteiger partial charge in [-0.15, -0.1) is 0 Å². The number of methoxy groups -OCH3 is 1. The van der Waals surface area contributed by atoms with Gasteiger partial charge in [0.2, 0.25) is 0 Å². The molecular formula is C18H22N2O3. The van der Waals surface area contributed by atoms with Crippen molar-refractivity contribution in [3.8, 4) is 11.5 Å². The third-order valence-corrected chi connectivity index (χ3v) is 3.47. The lowest BCUT2D eigenvalue weighted by Crippen LogP contribution is -2.21. The molecule has 1 aromatic heterocycles. The Labute approximate surface area is 136 Å². The first-order valence-corrected chi connectivity index (χ1v) is 7.43. The maximum Gasteiger partial charge on any atom is 0.262 e. The molecule has 0 saturated heterocycles. The second-order valence-corrected chi connectivity index (χ2v) is 5.53. The molecule has 23 heavy (non-hydrogen) atoms. The van der Waals surface area contributed by atoms with Gasteiger partial charge in [-0.05, 0) is 57.0 Å². The molecule has 0 aliphatic heterocycles. The molecule has 2 rings (SSSR count). The number of anilines is 1. The van der Waals surface area contributed by atoms with E-state index in [1.165, 1.54) is 0 Å². The largest absolute Gasteiger partial charge is 0.493 e. The second-order valence-electron chi connectivity index (χ2n) is 5.53. The number of benzene rings is 1. The molecule has 5 heteroatoms. The second kappa shape index (κ2) is 7.13. The van der Waals surface area contributed by atoms with Crippen LogP contribution < -0.4 is 14.8 Å². The van der Waals surface area contributed by atoms with Gasteiger partial charge in [0.15, 0.2) is 18.1 Å². The average Bonchev–Trinajstić information content (AvgIpc) is 2.49. The highest BCUT2D eigenvalue weighted by Crippen LogP contribution is 2.27. The number of ether oxygens (including phenoxy) is 2. The van der Waals surface area contributed by atoms with Crippen molar-refractivity contribution in [1.82, 2.24) is 4.98 Å². The standard InChI is InChI=1S/C18H22N2O3/c1-11-6-7-15(16(8-11)22-5)23-10-17(21)20-18-12(2)9-13(3)19-14(18)4/h6-9H,10H2,1-5H3,(H,20,21). The van der Waals surface area contributed by atoms with Crippen molar-refractivity contribution in [2.75, 3.05) is 19.0 Å². The molecule has 0 unspecified atom stereocenters. The first kappa shape index (κ1) is 16.8. The molecule has 0 saturated carbocycles. The predicted molar refractivity (Wildman–Crippen MR) is 90.3 cm³/mol. The van der Waals surface area contributed by atoms with E-state index in [9.17, 15) is 4.79 Å². The topological polar surface area (TPSA) is 60.5 Å². The number of aryl methyl sites for hydroxylation is 4. The summed E-state index contributed by atoms with van der Waals surface area (Å²) in [4.78, 5) is 16.5. The average molecular weight is 314 g/mol. The van der Waals surface area contributed by atoms with Gasteiger partial charge in [-0.1, -0.05) is 6.07 Å². The van der Waals surface area contributed by atoms with Crippen molar-refractivity contribution in [2.24, 2.45) is 0 Å². The number of nitrogens with zero attached hydrogens (tertiary/aromatic N) is 1. The number of rotatable bonds is 5. The van der Waals surface area contributed by atoms with E-state index in [2.05, 4.69) is 10.3 Å². The van der Waals surface area contributed by atoms with Gasteiger partial charge in [0, 0.05) is 5.69 Å². The summed E-state index contributed by atoms with van der Waals surface area (Å²) < 4.78 is 10.8. The van der Waals surface area contributed by atoms with Crippen molar-refractivity contribution in [1.29, 1.82) is 0 Å². The van der Waals surface area contributed by atoms with E-state index in [0.29, 0.717) is 11.5 Å². The molecular weight excluding hydrogens is 292 g/mol. The van der Waals surface area contributed by atoms with Crippen LogP contribution in [0, 0.1) is 27.7 Å². The van der Waals surface area contributed by atoms with Crippen LogP contribution in [0.25, 0.3) is 0 Å². The fourth-order valence-corrected chi connectivity index (χ4v) is 2.43. The minimum absolute atomic E-state index is 0.0911. The van der Waals surface area contributed by atoms with Gasteiger partial charge in [0.1, 0.15) is 0 Å². The molecule has 0 spiro atoms. The first-order chi connectivity index (χ1) is 10.9. The van der Waals surface area contributed by atoms with Crippen molar-refractivity contribution in [3.63, 3.8) is 0 Å². The fraction of sp³-hybridized carbons (Fsp3) is 0.333. The fourth-order valence-electron chi connectivity index (χ4n) is 2.43. The van der Waals surface area contributed by atoms with Crippen LogP contribution in [-0.4, -0.2) is 24.6 Å². The Morgan fingerprint density at radius 3 is 2.52 bits per heavy atom. The molecule has 1 N–H and O–H groups in total. The minimum Gasteiger partial charge on any atom is -0.493 e. The highest BCUT2D eigenvalue weighted by atomic mass is 16.5. The van der Waals surface area contributed by atoms with Crippen LogP contribution >= 0.6 is 0 Å². The van der Waals surface area contributed by atoms with Gasteiger partial charge >= 0.3 is 0 Å². The molecule has 0 bridgehead atoms. The molecule has 5 nitrogen and oxygen atoms in total. The highest BCUT2D eigenvalue weighted by molar-refractivity contribution is 5.93. The first-order valence-electron chi connectivity index (χ1n) is 7.43. The Hall–Kier alpha value is -2.56. The molecule has 122 valence electrons. The van der Waals surface area contributed by atoms with E-state index in [-0.39, 0.29) is 12.5 Å². The maximum absolute atomic E-state index is 12.1. The van der Waals surface area contributed by atoms with Gasteiger partial charge in [0.25, 0.3) is 5.91 Å². The van der Waals surface area contributed by atoms with Crippen LogP contribution in [0.3, 0.4) is 0 Å². The summed E-state index contributed by atoms with van der Waals surface area (Å²) in [5.74, 6) is 0.926. The normalized spacial score (nSPS) is 10.3. The van der Waals surface area contributed by atoms with E-state index < -0.39 is 0 Å². The Kier molecular flexibility index (Phi) is 5.21. The molecule has 2 aromatic rings. The summed E-state index contributed by atoms with van der Waals surface area (Å²) in [6, 6.07) is 7.51. The third kappa shape index (κ3) is 4.22. The van der Waals surface area contributed by atoms with Gasteiger partial charge in [-0.25, -0.2) is 0 Å². The summed E-state index contributed by atoms with van der Waals surface area (Å²) in [5.41, 5.74) is 4.51. The van der Waals surface area contributed by atoms with Gasteiger partial charge in [-0.3, -0.25) is 9.78 Å². The van der Waals surface area contributed by atoms with E-state index in [4.69, 9.17) is 9.47 Å². The van der Waals surface area contributed by atoms with Crippen molar-refractivity contribution in [3.05, 3.63) is 46.8 Å². The van der Waals surface area contributed by atoms with Crippen LogP contribution in [0.15, 0.2) is 24.3 Å². The summed E-state index contributed by atoms with van der Waals surface area (Å²) in [6.45, 7) is 7.63. The van der Waals surface area contributed by atoms with E-state index >= 15 is 0 Å². The molecule has 1 heterocycles. The monoisotopic (exact) mass is 314 g/mol. The van der Waals surface area contributed by atoms with Crippen LogP contribution in [-0.2, 0) is 4.79 Å². The number of hydrogen-bond donors (Lipinski definition) is 1. The third-order valence-electron chi connectivity index (χ3n) is 3.47. The molecule has 0 fully saturated rings. The summed E-state index contributed by atoms with van der Waals surface area (Å²) in [5, 5.41) is 2.86. The highest BCUT2D eigenvalue weighted by Gasteiger charge is 2.11. The Morgan fingerprint density at radius 1 is 1.13 bits per heavy atom. The number of aromatic nitrogens is 1. The maximum atomic E-state index is 12.1. The quantitative estimate of drug-likeness (QED) is 0.919. The van der Waals surface area contributed by atoms with Crippen LogP contribution in [0.2, 0.25) is 0 Å². The zero-order valence-corrected chi connectivity index (χ0v) is 14.2. The lowest BCUT2D eigenvalue weighted by Gasteiger charge is -2.14.